The van der Waals surface area contributed by atoms with Crippen molar-refractivity contribution in [2.75, 3.05) is 43.4 Å². The third-order valence-corrected chi connectivity index (χ3v) is 8.45. The number of aliphatic hydroxyl groups excluding tert-OH is 3. The number of benzene rings is 2. The molecule has 2 aromatic carbocycles. The number of aliphatic hydroxyl groups is 3. The smallest absolute Gasteiger partial charge is 0.394 e. The maximum atomic E-state index is 14.1. The van der Waals surface area contributed by atoms with Crippen LogP contribution in [0.3, 0.4) is 0 Å². The molecule has 2 atom stereocenters. The highest BCUT2D eigenvalue weighted by atomic mass is 32.2. The van der Waals surface area contributed by atoms with Gasteiger partial charge in [0.15, 0.2) is 14.7 Å². The molecule has 3 rings (SSSR count). The standard InChI is InChI=1S/C26H32F3N3O5S/c1-17(2)31-8-10-32(11-9-31)21-6-5-18-13-20(4-3-19(18)14-21)25(26(27,28)29)24(15-30)38(36,37)12-7-22(34)23(35)16-33/h3-6,13-14,17,22-23,33-35H,7-12,16H2,1-2H3/b25-24-. The summed E-state index contributed by atoms with van der Waals surface area (Å²) in [6.07, 6.45) is -9.17. The van der Waals surface area contributed by atoms with Crippen molar-refractivity contribution in [3.05, 3.63) is 46.9 Å². The zero-order valence-electron chi connectivity index (χ0n) is 21.2. The van der Waals surface area contributed by atoms with Crippen LogP contribution < -0.4 is 4.90 Å². The summed E-state index contributed by atoms with van der Waals surface area (Å²) in [5.41, 5.74) is -1.13. The maximum Gasteiger partial charge on any atom is 0.418 e. The largest absolute Gasteiger partial charge is 0.418 e. The minimum Gasteiger partial charge on any atom is -0.394 e. The Morgan fingerprint density at radius 3 is 2.18 bits per heavy atom. The van der Waals surface area contributed by atoms with Crippen molar-refractivity contribution < 1.29 is 36.9 Å². The molecule has 2 aromatic rings. The van der Waals surface area contributed by atoms with Gasteiger partial charge in [-0.3, -0.25) is 4.90 Å². The normalized spacial score (nSPS) is 17.8. The molecule has 0 saturated carbocycles. The summed E-state index contributed by atoms with van der Waals surface area (Å²) in [5.74, 6) is -1.02. The van der Waals surface area contributed by atoms with Crippen LogP contribution in [0.5, 0.6) is 0 Å². The minimum absolute atomic E-state index is 0.447. The number of nitriles is 1. The van der Waals surface area contributed by atoms with Crippen molar-refractivity contribution in [2.45, 2.75) is 44.7 Å². The molecular formula is C26H32F3N3O5S. The Balaban J connectivity index is 1.96. The Kier molecular flexibility index (Phi) is 9.43. The van der Waals surface area contributed by atoms with E-state index in [1.165, 1.54) is 18.2 Å². The zero-order chi connectivity index (χ0) is 28.3. The van der Waals surface area contributed by atoms with E-state index >= 15 is 0 Å². The molecule has 1 saturated heterocycles. The van der Waals surface area contributed by atoms with Crippen LogP contribution in [0.15, 0.2) is 41.3 Å². The van der Waals surface area contributed by atoms with Crippen molar-refractivity contribution in [1.82, 2.24) is 4.90 Å². The van der Waals surface area contributed by atoms with Crippen LogP contribution in [-0.2, 0) is 9.84 Å². The van der Waals surface area contributed by atoms with E-state index in [4.69, 9.17) is 5.11 Å². The summed E-state index contributed by atoms with van der Waals surface area (Å²) in [6.45, 7) is 6.85. The molecule has 0 aromatic heterocycles. The highest BCUT2D eigenvalue weighted by Crippen LogP contribution is 2.39. The number of alkyl halides is 3. The van der Waals surface area contributed by atoms with Gasteiger partial charge in [0.2, 0.25) is 0 Å². The third kappa shape index (κ3) is 6.84. The van der Waals surface area contributed by atoms with E-state index in [0.717, 1.165) is 37.9 Å². The SMILES string of the molecule is CC(C)N1CCN(c2ccc3cc(/C(=C(\C#N)S(=O)(=O)CCC(O)C(O)CO)C(F)(F)F)ccc3c2)CC1. The topological polar surface area (TPSA) is 125 Å². The number of hydrogen-bond donors (Lipinski definition) is 3. The van der Waals surface area contributed by atoms with Gasteiger partial charge >= 0.3 is 6.18 Å². The lowest BCUT2D eigenvalue weighted by molar-refractivity contribution is -0.0690. The molecular weight excluding hydrogens is 523 g/mol. The summed E-state index contributed by atoms with van der Waals surface area (Å²) >= 11 is 0. The fraction of sp³-hybridized carbons (Fsp3) is 0.500. The predicted octanol–water partition coefficient (Wildman–Crippen LogP) is 2.69. The molecule has 0 bridgehead atoms. The average Bonchev–Trinajstić information content (AvgIpc) is 2.88. The van der Waals surface area contributed by atoms with Crippen LogP contribution in [-0.4, -0.2) is 91.6 Å². The number of piperazine rings is 1. The van der Waals surface area contributed by atoms with E-state index in [0.29, 0.717) is 16.8 Å². The van der Waals surface area contributed by atoms with Crippen molar-refractivity contribution in [1.29, 1.82) is 5.26 Å². The van der Waals surface area contributed by atoms with Crippen LogP contribution >= 0.6 is 0 Å². The summed E-state index contributed by atoms with van der Waals surface area (Å²) in [6, 6.07) is 10.8. The summed E-state index contributed by atoms with van der Waals surface area (Å²) in [5, 5.41) is 38.6. The van der Waals surface area contributed by atoms with E-state index in [9.17, 15) is 37.1 Å². The van der Waals surface area contributed by atoms with E-state index in [1.54, 1.807) is 6.07 Å². The lowest BCUT2D eigenvalue weighted by Gasteiger charge is -2.38. The van der Waals surface area contributed by atoms with Crippen LogP contribution in [0, 0.1) is 11.3 Å². The van der Waals surface area contributed by atoms with Gasteiger partial charge in [-0.2, -0.15) is 18.4 Å². The van der Waals surface area contributed by atoms with Gasteiger partial charge in [0.25, 0.3) is 0 Å². The molecule has 12 heteroatoms. The van der Waals surface area contributed by atoms with Crippen LogP contribution in [0.4, 0.5) is 18.9 Å². The Bertz CT molecular complexity index is 1310. The first kappa shape index (κ1) is 29.9. The fourth-order valence-electron chi connectivity index (χ4n) is 4.48. The first-order chi connectivity index (χ1) is 17.8. The molecule has 1 fully saturated rings. The maximum absolute atomic E-state index is 14.1. The first-order valence-electron chi connectivity index (χ1n) is 12.2. The van der Waals surface area contributed by atoms with Gasteiger partial charge in [0.05, 0.1) is 24.0 Å². The Morgan fingerprint density at radius 2 is 1.63 bits per heavy atom. The number of rotatable bonds is 9. The molecule has 1 aliphatic rings. The predicted molar refractivity (Wildman–Crippen MR) is 139 cm³/mol. The molecule has 38 heavy (non-hydrogen) atoms. The lowest BCUT2D eigenvalue weighted by atomic mass is 10.00. The molecule has 8 nitrogen and oxygen atoms in total. The number of sulfone groups is 1. The number of halogens is 3. The van der Waals surface area contributed by atoms with Gasteiger partial charge in [-0.1, -0.05) is 18.2 Å². The molecule has 3 N–H and O–H groups in total. The fourth-order valence-corrected chi connectivity index (χ4v) is 5.92. The van der Waals surface area contributed by atoms with E-state index in [-0.39, 0.29) is 0 Å². The number of allylic oxidation sites excluding steroid dienone is 2. The highest BCUT2D eigenvalue weighted by Gasteiger charge is 2.41. The van der Waals surface area contributed by atoms with Gasteiger partial charge in [-0.15, -0.1) is 0 Å². The van der Waals surface area contributed by atoms with Crippen molar-refractivity contribution >= 4 is 31.9 Å². The van der Waals surface area contributed by atoms with Gasteiger partial charge in [0, 0.05) is 37.9 Å². The number of anilines is 1. The number of hydrogen-bond acceptors (Lipinski definition) is 8. The second kappa shape index (κ2) is 12.0. The monoisotopic (exact) mass is 555 g/mol. The average molecular weight is 556 g/mol. The Hall–Kier alpha value is -2.69. The Morgan fingerprint density at radius 1 is 1.03 bits per heavy atom. The van der Waals surface area contributed by atoms with Gasteiger partial charge in [-0.05, 0) is 54.8 Å². The number of nitrogens with zero attached hydrogens (tertiary/aromatic N) is 3. The molecule has 1 heterocycles. The second-order valence-corrected chi connectivity index (χ2v) is 11.6. The first-order valence-corrected chi connectivity index (χ1v) is 13.9. The van der Waals surface area contributed by atoms with Gasteiger partial charge in [0.1, 0.15) is 12.2 Å². The molecule has 0 amide bonds. The van der Waals surface area contributed by atoms with Gasteiger partial charge < -0.3 is 20.2 Å². The highest BCUT2D eigenvalue weighted by molar-refractivity contribution is 7.95. The Labute approximate surface area is 220 Å². The van der Waals surface area contributed by atoms with Crippen molar-refractivity contribution in [2.24, 2.45) is 0 Å². The third-order valence-electron chi connectivity index (χ3n) is 6.76. The lowest BCUT2D eigenvalue weighted by Crippen LogP contribution is -2.48. The van der Waals surface area contributed by atoms with E-state index in [1.807, 2.05) is 12.1 Å². The molecule has 2 unspecified atom stereocenters. The van der Waals surface area contributed by atoms with E-state index < -0.39 is 63.0 Å². The molecule has 208 valence electrons. The van der Waals surface area contributed by atoms with Crippen LogP contribution in [0.25, 0.3) is 16.3 Å². The second-order valence-electron chi connectivity index (χ2n) is 9.60. The summed E-state index contributed by atoms with van der Waals surface area (Å²) in [4.78, 5) is 3.11. The zero-order valence-corrected chi connectivity index (χ0v) is 22.0. The van der Waals surface area contributed by atoms with Crippen LogP contribution in [0.1, 0.15) is 25.8 Å². The van der Waals surface area contributed by atoms with Gasteiger partial charge in [-0.25, -0.2) is 8.42 Å². The van der Waals surface area contributed by atoms with E-state index in [2.05, 4.69) is 23.6 Å². The number of fused-ring (bicyclic) bond motifs is 1. The molecule has 0 radical (unpaired) electrons. The van der Waals surface area contributed by atoms with Crippen LogP contribution in [0.2, 0.25) is 0 Å². The molecule has 0 aliphatic carbocycles. The van der Waals surface area contributed by atoms with Crippen molar-refractivity contribution in [3.8, 4) is 6.07 Å². The van der Waals surface area contributed by atoms with Crippen molar-refractivity contribution in [3.63, 3.8) is 0 Å². The quantitative estimate of drug-likeness (QED) is 0.404. The molecule has 0 spiro atoms. The summed E-state index contributed by atoms with van der Waals surface area (Å²) in [7, 11) is -4.79. The summed E-state index contributed by atoms with van der Waals surface area (Å²) < 4.78 is 67.9. The molecule has 1 aliphatic heterocycles. The minimum atomic E-state index is -5.16.